The molecule has 0 bridgehead atoms. The molecule has 362 valence electrons. The van der Waals surface area contributed by atoms with Crippen LogP contribution in [0.15, 0.2) is 211 Å². The largest absolute Gasteiger partial charge is 0.456 e. The third-order valence-electron chi connectivity index (χ3n) is 14.8. The van der Waals surface area contributed by atoms with E-state index < -0.39 is 0 Å². The Hall–Kier alpha value is -7.88. The number of nitrogens with zero attached hydrogens (tertiary/aromatic N) is 2. The molecule has 0 atom stereocenters. The van der Waals surface area contributed by atoms with Crippen LogP contribution in [0.25, 0.3) is 65.7 Å². The lowest BCUT2D eigenvalue weighted by molar-refractivity contribution is 0.591. The second-order valence-corrected chi connectivity index (χ2v) is 22.7. The topological polar surface area (TPSA) is 19.6 Å². The summed E-state index contributed by atoms with van der Waals surface area (Å²) in [5.74, 6) is 0.865. The summed E-state index contributed by atoms with van der Waals surface area (Å²) in [6.07, 6.45) is 0. The van der Waals surface area contributed by atoms with Gasteiger partial charge in [-0.05, 0) is 150 Å². The van der Waals surface area contributed by atoms with E-state index in [2.05, 4.69) is 285 Å². The zero-order valence-corrected chi connectivity index (χ0v) is 44.1. The van der Waals surface area contributed by atoms with Crippen molar-refractivity contribution < 1.29 is 4.42 Å². The van der Waals surface area contributed by atoms with Crippen LogP contribution in [-0.2, 0) is 10.8 Å². The average Bonchev–Trinajstić information content (AvgIpc) is 3.73. The van der Waals surface area contributed by atoms with Gasteiger partial charge >= 0.3 is 0 Å². The highest BCUT2D eigenvalue weighted by Gasteiger charge is 2.29. The van der Waals surface area contributed by atoms with Gasteiger partial charge in [-0.3, -0.25) is 0 Å². The monoisotopic (exact) mass is 951 g/mol. The van der Waals surface area contributed by atoms with Gasteiger partial charge in [0.2, 0.25) is 0 Å². The van der Waals surface area contributed by atoms with Crippen molar-refractivity contribution in [2.45, 2.75) is 91.9 Å². The number of hydrogen-bond donors (Lipinski definition) is 0. The van der Waals surface area contributed by atoms with E-state index in [1.54, 1.807) is 0 Å². The van der Waals surface area contributed by atoms with E-state index in [-0.39, 0.29) is 10.8 Å². The predicted molar refractivity (Wildman–Crippen MR) is 315 cm³/mol. The molecule has 0 unspecified atom stereocenters. The fraction of sp³-hybridized carbons (Fsp3) is 0.200. The van der Waals surface area contributed by atoms with E-state index >= 15 is 0 Å². The third-order valence-corrected chi connectivity index (χ3v) is 14.8. The maximum atomic E-state index is 6.93. The summed E-state index contributed by atoms with van der Waals surface area (Å²) in [5, 5.41) is 6.82. The minimum absolute atomic E-state index is 0.128. The summed E-state index contributed by atoms with van der Waals surface area (Å²) in [6, 6.07) is 76.5. The molecular weight excluding hydrogens is 885 g/mol. The molecule has 0 fully saturated rings. The molecule has 11 aromatic rings. The van der Waals surface area contributed by atoms with Gasteiger partial charge in [-0.25, -0.2) is 0 Å². The fourth-order valence-electron chi connectivity index (χ4n) is 10.8. The first-order valence-corrected chi connectivity index (χ1v) is 26.1. The van der Waals surface area contributed by atoms with E-state index in [1.165, 1.54) is 66.7 Å². The highest BCUT2D eigenvalue weighted by atomic mass is 16.3. The van der Waals surface area contributed by atoms with Gasteiger partial charge in [0, 0.05) is 44.6 Å². The van der Waals surface area contributed by atoms with Crippen LogP contribution in [0.1, 0.15) is 103 Å². The first-order chi connectivity index (χ1) is 35.1. The van der Waals surface area contributed by atoms with E-state index in [0.717, 1.165) is 55.5 Å². The van der Waals surface area contributed by atoms with Gasteiger partial charge in [0.25, 0.3) is 0 Å². The van der Waals surface area contributed by atoms with Crippen LogP contribution in [0.4, 0.5) is 34.1 Å². The van der Waals surface area contributed by atoms with Gasteiger partial charge in [-0.15, -0.1) is 0 Å². The van der Waals surface area contributed by atoms with Gasteiger partial charge < -0.3 is 14.2 Å². The van der Waals surface area contributed by atoms with Crippen molar-refractivity contribution in [1.82, 2.24) is 0 Å². The maximum Gasteiger partial charge on any atom is 0.136 e. The zero-order chi connectivity index (χ0) is 50.8. The van der Waals surface area contributed by atoms with Crippen molar-refractivity contribution in [2.24, 2.45) is 0 Å². The highest BCUT2D eigenvalue weighted by Crippen LogP contribution is 2.50. The zero-order valence-electron chi connectivity index (χ0n) is 44.1. The average molecular weight is 951 g/mol. The van der Waals surface area contributed by atoms with E-state index in [0.29, 0.717) is 11.8 Å². The van der Waals surface area contributed by atoms with Gasteiger partial charge in [-0.1, -0.05) is 203 Å². The van der Waals surface area contributed by atoms with Crippen LogP contribution in [0.3, 0.4) is 0 Å². The lowest BCUT2D eigenvalue weighted by atomic mass is 9.82. The van der Waals surface area contributed by atoms with Crippen molar-refractivity contribution >= 4 is 77.6 Å². The molecule has 10 aromatic carbocycles. The molecule has 3 nitrogen and oxygen atoms in total. The van der Waals surface area contributed by atoms with Crippen molar-refractivity contribution in [3.8, 4) is 22.3 Å². The number of hydrogen-bond acceptors (Lipinski definition) is 3. The molecule has 0 saturated heterocycles. The molecular formula is C70H66N2O. The molecule has 0 aliphatic carbocycles. The molecule has 0 aliphatic rings. The number of para-hydroxylation sites is 2. The standard InChI is InChI=1S/C70H66N2O/c1-45(2)47-27-33-55(34-28-47)71(67-59(49-19-13-11-14-20-49)23-17-25-63(67)69(5,6)7)57-37-31-51-41-61-62-42-52-32-38-58(40-54(52)44-66(62)73-65(61)43-53(51)39-57)72(56-35-29-48(30-36-56)46(3)4)68-60(50-21-15-12-16-22-50)24-18-26-64(68)70(8,9)10/h11-46H,1-10H3. The minimum Gasteiger partial charge on any atom is -0.456 e. The molecule has 1 heterocycles. The van der Waals surface area contributed by atoms with Crippen LogP contribution >= 0.6 is 0 Å². The van der Waals surface area contributed by atoms with Crippen LogP contribution in [0, 0.1) is 0 Å². The Labute approximate surface area is 432 Å². The van der Waals surface area contributed by atoms with E-state index in [4.69, 9.17) is 4.42 Å². The highest BCUT2D eigenvalue weighted by molar-refractivity contribution is 6.14. The van der Waals surface area contributed by atoms with Gasteiger partial charge in [0.15, 0.2) is 0 Å². The molecule has 0 saturated carbocycles. The van der Waals surface area contributed by atoms with Gasteiger partial charge in [0.1, 0.15) is 11.2 Å². The lowest BCUT2D eigenvalue weighted by Gasteiger charge is -2.34. The molecule has 1 aromatic heterocycles. The summed E-state index contributed by atoms with van der Waals surface area (Å²) in [7, 11) is 0. The Kier molecular flexibility index (Phi) is 12.1. The summed E-state index contributed by atoms with van der Waals surface area (Å²) >= 11 is 0. The van der Waals surface area contributed by atoms with Gasteiger partial charge in [0.05, 0.1) is 11.4 Å². The van der Waals surface area contributed by atoms with E-state index in [9.17, 15) is 0 Å². The SMILES string of the molecule is CC(C)c1ccc(N(c2ccc3cc4c(cc3c2)oc2cc3cc(N(c5ccc(C(C)C)cc5)c5c(-c6ccccc6)cccc5C(C)(C)C)ccc3cc24)c2c(-c3ccccc3)cccc2C(C)(C)C)cc1. The number of anilines is 6. The predicted octanol–water partition coefficient (Wildman–Crippen LogP) is 21.0. The molecule has 0 spiro atoms. The summed E-state index contributed by atoms with van der Waals surface area (Å²) < 4.78 is 6.93. The second-order valence-electron chi connectivity index (χ2n) is 22.7. The Morgan fingerprint density at radius 1 is 0.342 bits per heavy atom. The minimum atomic E-state index is -0.128. The van der Waals surface area contributed by atoms with Crippen LogP contribution in [-0.4, -0.2) is 0 Å². The lowest BCUT2D eigenvalue weighted by Crippen LogP contribution is -2.20. The first-order valence-electron chi connectivity index (χ1n) is 26.1. The van der Waals surface area contributed by atoms with E-state index in [1.807, 2.05) is 0 Å². The first kappa shape index (κ1) is 47.4. The summed E-state index contributed by atoms with van der Waals surface area (Å²) in [5.41, 5.74) is 18.3. The third kappa shape index (κ3) is 8.97. The van der Waals surface area contributed by atoms with Crippen molar-refractivity contribution in [3.05, 3.63) is 229 Å². The Bertz CT molecular complexity index is 3540. The number of fused-ring (bicyclic) bond motifs is 5. The molecule has 73 heavy (non-hydrogen) atoms. The Morgan fingerprint density at radius 2 is 0.712 bits per heavy atom. The smallest absolute Gasteiger partial charge is 0.136 e. The van der Waals surface area contributed by atoms with Gasteiger partial charge in [-0.2, -0.15) is 0 Å². The normalized spacial score (nSPS) is 12.2. The number of rotatable bonds is 10. The van der Waals surface area contributed by atoms with Crippen molar-refractivity contribution in [2.75, 3.05) is 9.80 Å². The summed E-state index contributed by atoms with van der Waals surface area (Å²) in [4.78, 5) is 4.95. The molecule has 11 rings (SSSR count). The van der Waals surface area contributed by atoms with Crippen molar-refractivity contribution in [3.63, 3.8) is 0 Å². The Balaban J connectivity index is 1.07. The number of benzene rings is 10. The van der Waals surface area contributed by atoms with Crippen LogP contribution < -0.4 is 9.80 Å². The summed E-state index contributed by atoms with van der Waals surface area (Å²) in [6.45, 7) is 22.9. The van der Waals surface area contributed by atoms with Crippen LogP contribution in [0.5, 0.6) is 0 Å². The molecule has 0 aliphatic heterocycles. The molecule has 0 radical (unpaired) electrons. The molecule has 3 heteroatoms. The quantitative estimate of drug-likeness (QED) is 0.136. The number of furan rings is 1. The molecule has 0 N–H and O–H groups in total. The van der Waals surface area contributed by atoms with Crippen LogP contribution in [0.2, 0.25) is 0 Å². The maximum absolute atomic E-state index is 6.93. The fourth-order valence-corrected chi connectivity index (χ4v) is 10.8. The second kappa shape index (κ2) is 18.6. The molecule has 0 amide bonds. The van der Waals surface area contributed by atoms with Crippen molar-refractivity contribution in [1.29, 1.82) is 0 Å². The Morgan fingerprint density at radius 3 is 1.07 bits per heavy atom.